The monoisotopic (exact) mass is 265 g/mol. The fourth-order valence-corrected chi connectivity index (χ4v) is 2.32. The Kier molecular flexibility index (Phi) is 3.87. The van der Waals surface area contributed by atoms with Crippen LogP contribution in [0.3, 0.4) is 0 Å². The van der Waals surface area contributed by atoms with E-state index >= 15 is 0 Å². The van der Waals surface area contributed by atoms with Crippen molar-refractivity contribution in [1.29, 1.82) is 0 Å². The normalized spacial score (nSPS) is 19.3. The van der Waals surface area contributed by atoms with Crippen molar-refractivity contribution in [2.45, 2.75) is 32.5 Å². The zero-order chi connectivity index (χ0) is 14.0. The maximum atomic E-state index is 13.4. The van der Waals surface area contributed by atoms with E-state index in [1.54, 1.807) is 12.1 Å². The molecular formula is C14H20FN3O. The van der Waals surface area contributed by atoms with Gasteiger partial charge in [0.05, 0.1) is 5.54 Å². The number of nitrogens with two attached hydrogens (primary N) is 1. The number of piperazine rings is 1. The lowest BCUT2D eigenvalue weighted by atomic mass is 9.97. The summed E-state index contributed by atoms with van der Waals surface area (Å²) >= 11 is 0. The molecule has 1 heterocycles. The summed E-state index contributed by atoms with van der Waals surface area (Å²) in [6, 6.07) is 4.96. The number of nitrogens with one attached hydrogen (secondary N) is 1. The van der Waals surface area contributed by atoms with E-state index in [0.29, 0.717) is 18.7 Å². The molecule has 0 spiro atoms. The molecule has 1 aliphatic heterocycles. The first-order valence-electron chi connectivity index (χ1n) is 6.46. The maximum Gasteiger partial charge on any atom is 0.240 e. The molecule has 0 aliphatic carbocycles. The van der Waals surface area contributed by atoms with Gasteiger partial charge in [0.25, 0.3) is 0 Å². The molecule has 104 valence electrons. The molecule has 4 nitrogen and oxygen atoms in total. The van der Waals surface area contributed by atoms with Gasteiger partial charge in [-0.2, -0.15) is 0 Å². The molecule has 5 heteroatoms. The molecule has 1 aromatic carbocycles. The minimum Gasteiger partial charge on any atom is -0.353 e. The summed E-state index contributed by atoms with van der Waals surface area (Å²) in [6.07, 6.45) is 0. The highest BCUT2D eigenvalue weighted by atomic mass is 19.1. The molecule has 1 saturated heterocycles. The van der Waals surface area contributed by atoms with Crippen molar-refractivity contribution >= 4 is 5.91 Å². The number of halogens is 1. The lowest BCUT2D eigenvalue weighted by molar-refractivity contribution is -0.135. The van der Waals surface area contributed by atoms with Crippen LogP contribution in [0.5, 0.6) is 0 Å². The van der Waals surface area contributed by atoms with E-state index in [1.807, 2.05) is 13.8 Å². The molecule has 3 N–H and O–H groups in total. The van der Waals surface area contributed by atoms with Gasteiger partial charge in [-0.3, -0.25) is 9.69 Å². The van der Waals surface area contributed by atoms with Gasteiger partial charge in [0.1, 0.15) is 5.82 Å². The molecule has 0 unspecified atom stereocenters. The molecule has 0 saturated carbocycles. The minimum absolute atomic E-state index is 0.0277. The predicted octanol–water partition coefficient (Wildman–Crippen LogP) is 0.995. The number of carbonyl (C=O) groups excluding carboxylic acids is 1. The predicted molar refractivity (Wildman–Crippen MR) is 71.8 cm³/mol. The Bertz CT molecular complexity index is 488. The van der Waals surface area contributed by atoms with Crippen LogP contribution < -0.4 is 11.1 Å². The number of benzene rings is 1. The second kappa shape index (κ2) is 5.27. The van der Waals surface area contributed by atoms with Crippen molar-refractivity contribution in [3.05, 3.63) is 35.1 Å². The first-order chi connectivity index (χ1) is 8.95. The van der Waals surface area contributed by atoms with E-state index < -0.39 is 5.54 Å². The molecular weight excluding hydrogens is 245 g/mol. The Morgan fingerprint density at radius 3 is 2.89 bits per heavy atom. The average Bonchev–Trinajstić information content (AvgIpc) is 2.37. The van der Waals surface area contributed by atoms with Gasteiger partial charge in [-0.05, 0) is 25.5 Å². The lowest BCUT2D eigenvalue weighted by Crippen LogP contribution is -2.61. The summed E-state index contributed by atoms with van der Waals surface area (Å²) < 4.78 is 13.4. The van der Waals surface area contributed by atoms with Crippen molar-refractivity contribution in [3.8, 4) is 0 Å². The summed E-state index contributed by atoms with van der Waals surface area (Å²) in [5.74, 6) is -0.248. The third kappa shape index (κ3) is 2.77. The second-order valence-corrected chi connectivity index (χ2v) is 5.37. The number of hydrogen-bond donors (Lipinski definition) is 2. The molecule has 0 radical (unpaired) electrons. The maximum absolute atomic E-state index is 13.4. The molecule has 0 aromatic heterocycles. The Hall–Kier alpha value is -1.46. The van der Waals surface area contributed by atoms with Gasteiger partial charge in [-0.15, -0.1) is 0 Å². The van der Waals surface area contributed by atoms with Gasteiger partial charge < -0.3 is 11.1 Å². The van der Waals surface area contributed by atoms with Crippen molar-refractivity contribution in [2.75, 3.05) is 13.1 Å². The minimum atomic E-state index is -0.546. The molecule has 19 heavy (non-hydrogen) atoms. The fraction of sp³-hybridized carbons (Fsp3) is 0.500. The molecule has 0 bridgehead atoms. The van der Waals surface area contributed by atoms with Crippen molar-refractivity contribution in [3.63, 3.8) is 0 Å². The molecule has 2 rings (SSSR count). The van der Waals surface area contributed by atoms with Gasteiger partial charge in [0.15, 0.2) is 0 Å². The Labute approximate surface area is 112 Å². The van der Waals surface area contributed by atoms with Crippen LogP contribution in [0.2, 0.25) is 0 Å². The smallest absolute Gasteiger partial charge is 0.240 e. The summed E-state index contributed by atoms with van der Waals surface area (Å²) in [7, 11) is 0. The first kappa shape index (κ1) is 14.0. The Morgan fingerprint density at radius 1 is 1.47 bits per heavy atom. The number of carbonyl (C=O) groups is 1. The van der Waals surface area contributed by atoms with E-state index in [-0.39, 0.29) is 18.3 Å². The zero-order valence-corrected chi connectivity index (χ0v) is 11.4. The van der Waals surface area contributed by atoms with E-state index in [1.165, 1.54) is 6.07 Å². The molecule has 1 aliphatic rings. The van der Waals surface area contributed by atoms with Crippen LogP contribution in [0, 0.1) is 5.82 Å². The SMILES string of the molecule is CC1(C)C(=O)NCCN1Cc1ccc(F)c(CN)c1. The highest BCUT2D eigenvalue weighted by molar-refractivity contribution is 5.86. The summed E-state index contributed by atoms with van der Waals surface area (Å²) in [4.78, 5) is 14.0. The highest BCUT2D eigenvalue weighted by Crippen LogP contribution is 2.21. The average molecular weight is 265 g/mol. The number of hydrogen-bond acceptors (Lipinski definition) is 3. The van der Waals surface area contributed by atoms with E-state index in [0.717, 1.165) is 12.1 Å². The number of rotatable bonds is 3. The second-order valence-electron chi connectivity index (χ2n) is 5.37. The van der Waals surface area contributed by atoms with Crippen LogP contribution in [0.4, 0.5) is 4.39 Å². The molecule has 1 aromatic rings. The summed E-state index contributed by atoms with van der Waals surface area (Å²) in [6.45, 7) is 6.03. The summed E-state index contributed by atoms with van der Waals surface area (Å²) in [5.41, 5.74) is 6.45. The van der Waals surface area contributed by atoms with Crippen LogP contribution in [0.15, 0.2) is 18.2 Å². The topological polar surface area (TPSA) is 58.4 Å². The molecule has 1 fully saturated rings. The van der Waals surface area contributed by atoms with Crippen LogP contribution >= 0.6 is 0 Å². The van der Waals surface area contributed by atoms with Gasteiger partial charge in [-0.1, -0.05) is 12.1 Å². The third-order valence-electron chi connectivity index (χ3n) is 3.72. The van der Waals surface area contributed by atoms with Gasteiger partial charge in [-0.25, -0.2) is 4.39 Å². The van der Waals surface area contributed by atoms with Crippen LogP contribution in [-0.2, 0) is 17.9 Å². The quantitative estimate of drug-likeness (QED) is 0.857. The van der Waals surface area contributed by atoms with E-state index in [9.17, 15) is 9.18 Å². The van der Waals surface area contributed by atoms with Crippen molar-refractivity contribution < 1.29 is 9.18 Å². The van der Waals surface area contributed by atoms with Gasteiger partial charge >= 0.3 is 0 Å². The Balaban J connectivity index is 2.18. The van der Waals surface area contributed by atoms with Crippen LogP contribution in [0.25, 0.3) is 0 Å². The number of amides is 1. The van der Waals surface area contributed by atoms with Crippen LogP contribution in [-0.4, -0.2) is 29.4 Å². The Morgan fingerprint density at radius 2 is 2.21 bits per heavy atom. The fourth-order valence-electron chi connectivity index (χ4n) is 2.32. The van der Waals surface area contributed by atoms with E-state index in [2.05, 4.69) is 10.2 Å². The number of nitrogens with zero attached hydrogens (tertiary/aromatic N) is 1. The standard InChI is InChI=1S/C14H20FN3O/c1-14(2)13(19)17-5-6-18(14)9-10-3-4-12(15)11(7-10)8-16/h3-4,7H,5-6,8-9,16H2,1-2H3,(H,17,19). The van der Waals surface area contributed by atoms with E-state index in [4.69, 9.17) is 5.73 Å². The third-order valence-corrected chi connectivity index (χ3v) is 3.72. The first-order valence-corrected chi connectivity index (χ1v) is 6.46. The molecule has 0 atom stereocenters. The largest absolute Gasteiger partial charge is 0.353 e. The zero-order valence-electron chi connectivity index (χ0n) is 11.4. The van der Waals surface area contributed by atoms with Gasteiger partial charge in [0, 0.05) is 31.7 Å². The lowest BCUT2D eigenvalue weighted by Gasteiger charge is -2.41. The van der Waals surface area contributed by atoms with Crippen LogP contribution in [0.1, 0.15) is 25.0 Å². The van der Waals surface area contributed by atoms with Crippen molar-refractivity contribution in [1.82, 2.24) is 10.2 Å². The van der Waals surface area contributed by atoms with Gasteiger partial charge in [0.2, 0.25) is 5.91 Å². The molecule has 1 amide bonds. The highest BCUT2D eigenvalue weighted by Gasteiger charge is 2.37. The summed E-state index contributed by atoms with van der Waals surface area (Å²) in [5, 5.41) is 2.86. The van der Waals surface area contributed by atoms with Crippen molar-refractivity contribution in [2.24, 2.45) is 5.73 Å².